The van der Waals surface area contributed by atoms with Crippen molar-refractivity contribution in [3.8, 4) is 22.8 Å². The number of hydrogen-bond acceptors (Lipinski definition) is 4. The molecule has 6 rings (SSSR count). The fourth-order valence-electron chi connectivity index (χ4n) is 3.89. The maximum atomic E-state index is 6.39. The normalized spacial score (nSPS) is 11.5. The number of hydrogen-bond donors (Lipinski definition) is 0. The lowest BCUT2D eigenvalue weighted by molar-refractivity contribution is 0.673. The van der Waals surface area contributed by atoms with Crippen LogP contribution < -0.4 is 0 Å². The zero-order valence-corrected chi connectivity index (χ0v) is 16.5. The van der Waals surface area contributed by atoms with Gasteiger partial charge in [0.1, 0.15) is 11.2 Å². The van der Waals surface area contributed by atoms with Gasteiger partial charge in [0.2, 0.25) is 5.28 Å². The summed E-state index contributed by atoms with van der Waals surface area (Å²) < 4.78 is 6.39. The monoisotopic (exact) mass is 407 g/mol. The molecular weight excluding hydrogens is 394 g/mol. The van der Waals surface area contributed by atoms with E-state index in [0.717, 1.165) is 43.8 Å². The Morgan fingerprint density at radius 3 is 2.20 bits per heavy atom. The average molecular weight is 408 g/mol. The van der Waals surface area contributed by atoms with Crippen molar-refractivity contribution in [2.45, 2.75) is 0 Å². The van der Waals surface area contributed by atoms with E-state index in [0.29, 0.717) is 11.6 Å². The molecule has 0 fully saturated rings. The molecule has 0 saturated carbocycles. The Hall–Kier alpha value is -3.76. The third kappa shape index (κ3) is 2.65. The molecular formula is C25H14ClN3O. The summed E-state index contributed by atoms with van der Waals surface area (Å²) in [5.41, 5.74) is 3.27. The highest BCUT2D eigenvalue weighted by Crippen LogP contribution is 2.38. The van der Waals surface area contributed by atoms with E-state index in [1.54, 1.807) is 0 Å². The van der Waals surface area contributed by atoms with Gasteiger partial charge in [0.15, 0.2) is 11.6 Å². The number of benzene rings is 4. The van der Waals surface area contributed by atoms with Gasteiger partial charge in [-0.1, -0.05) is 72.8 Å². The molecule has 0 radical (unpaired) electrons. The Bertz CT molecular complexity index is 1560. The minimum atomic E-state index is 0.150. The molecule has 4 aromatic carbocycles. The smallest absolute Gasteiger partial charge is 0.226 e. The van der Waals surface area contributed by atoms with Crippen molar-refractivity contribution in [3.63, 3.8) is 0 Å². The highest BCUT2D eigenvalue weighted by atomic mass is 35.5. The summed E-state index contributed by atoms with van der Waals surface area (Å²) in [6.45, 7) is 0. The largest absolute Gasteiger partial charge is 0.455 e. The fourth-order valence-corrected chi connectivity index (χ4v) is 4.05. The first-order chi connectivity index (χ1) is 14.8. The van der Waals surface area contributed by atoms with Crippen LogP contribution in [0.5, 0.6) is 0 Å². The highest BCUT2D eigenvalue weighted by Gasteiger charge is 2.17. The second-order valence-corrected chi connectivity index (χ2v) is 7.40. The molecule has 30 heavy (non-hydrogen) atoms. The fraction of sp³-hybridized carbons (Fsp3) is 0. The van der Waals surface area contributed by atoms with Crippen molar-refractivity contribution in [2.24, 2.45) is 0 Å². The van der Waals surface area contributed by atoms with Gasteiger partial charge >= 0.3 is 0 Å². The Morgan fingerprint density at radius 2 is 1.30 bits per heavy atom. The third-order valence-corrected chi connectivity index (χ3v) is 5.44. The summed E-state index contributed by atoms with van der Waals surface area (Å²) >= 11 is 6.26. The molecule has 6 aromatic rings. The second kappa shape index (κ2) is 6.65. The van der Waals surface area contributed by atoms with Crippen LogP contribution in [-0.2, 0) is 0 Å². The van der Waals surface area contributed by atoms with E-state index in [1.807, 2.05) is 54.6 Å². The Labute approximate surface area is 176 Å². The molecule has 0 aliphatic carbocycles. The summed E-state index contributed by atoms with van der Waals surface area (Å²) in [5.74, 6) is 1.02. The van der Waals surface area contributed by atoms with Gasteiger partial charge < -0.3 is 4.42 Å². The van der Waals surface area contributed by atoms with Gasteiger partial charge in [-0.05, 0) is 29.1 Å². The van der Waals surface area contributed by atoms with E-state index in [-0.39, 0.29) is 5.28 Å². The van der Waals surface area contributed by atoms with Crippen LogP contribution in [0.4, 0.5) is 0 Å². The number of rotatable bonds is 2. The summed E-state index contributed by atoms with van der Waals surface area (Å²) in [7, 11) is 0. The molecule has 2 heterocycles. The van der Waals surface area contributed by atoms with Crippen LogP contribution in [0, 0.1) is 0 Å². The van der Waals surface area contributed by atoms with Gasteiger partial charge in [-0.2, -0.15) is 9.97 Å². The topological polar surface area (TPSA) is 51.8 Å². The predicted molar refractivity (Wildman–Crippen MR) is 120 cm³/mol. The Morgan fingerprint density at radius 1 is 0.567 bits per heavy atom. The lowest BCUT2D eigenvalue weighted by Crippen LogP contribution is -1.97. The van der Waals surface area contributed by atoms with E-state index >= 15 is 0 Å². The van der Waals surface area contributed by atoms with Crippen molar-refractivity contribution >= 4 is 44.3 Å². The Kier molecular flexibility index (Phi) is 3.79. The van der Waals surface area contributed by atoms with E-state index in [4.69, 9.17) is 21.0 Å². The molecule has 142 valence electrons. The molecule has 0 aliphatic heterocycles. The predicted octanol–water partition coefficient (Wildman–Crippen LogP) is 6.91. The summed E-state index contributed by atoms with van der Waals surface area (Å²) in [4.78, 5) is 13.4. The standard InChI is InChI=1S/C25H14ClN3O/c26-25-28-23(16-8-2-1-3-9-16)27-24(29-25)20-12-6-11-18-19-14-13-15-7-4-5-10-17(15)21(19)30-22(18)20/h1-14H. The van der Waals surface area contributed by atoms with Crippen LogP contribution in [0.1, 0.15) is 0 Å². The van der Waals surface area contributed by atoms with Gasteiger partial charge in [0.25, 0.3) is 0 Å². The molecule has 2 aromatic heterocycles. The number of aromatic nitrogens is 3. The second-order valence-electron chi connectivity index (χ2n) is 7.07. The molecule has 0 bridgehead atoms. The number of para-hydroxylation sites is 1. The van der Waals surface area contributed by atoms with E-state index in [2.05, 4.69) is 40.3 Å². The first-order valence-corrected chi connectivity index (χ1v) is 9.96. The number of furan rings is 1. The first kappa shape index (κ1) is 17.1. The maximum Gasteiger partial charge on any atom is 0.226 e. The molecule has 5 heteroatoms. The summed E-state index contributed by atoms with van der Waals surface area (Å²) in [6, 6.07) is 28.2. The Balaban J connectivity index is 1.64. The maximum absolute atomic E-state index is 6.39. The lowest BCUT2D eigenvalue weighted by atomic mass is 10.0. The third-order valence-electron chi connectivity index (χ3n) is 5.27. The molecule has 0 N–H and O–H groups in total. The van der Waals surface area contributed by atoms with Crippen LogP contribution in [0.3, 0.4) is 0 Å². The van der Waals surface area contributed by atoms with Gasteiger partial charge in [-0.3, -0.25) is 0 Å². The van der Waals surface area contributed by atoms with Crippen LogP contribution in [-0.4, -0.2) is 15.0 Å². The molecule has 0 aliphatic rings. The van der Waals surface area contributed by atoms with Crippen molar-refractivity contribution in [1.29, 1.82) is 0 Å². The van der Waals surface area contributed by atoms with Gasteiger partial charge in [-0.25, -0.2) is 4.98 Å². The highest BCUT2D eigenvalue weighted by molar-refractivity contribution is 6.28. The lowest BCUT2D eigenvalue weighted by Gasteiger charge is -2.05. The van der Waals surface area contributed by atoms with Crippen molar-refractivity contribution in [1.82, 2.24) is 15.0 Å². The van der Waals surface area contributed by atoms with Crippen LogP contribution >= 0.6 is 11.6 Å². The number of nitrogens with zero attached hydrogens (tertiary/aromatic N) is 3. The van der Waals surface area contributed by atoms with Gasteiger partial charge in [0.05, 0.1) is 5.56 Å². The summed E-state index contributed by atoms with van der Waals surface area (Å²) in [5, 5.41) is 4.45. The quantitative estimate of drug-likeness (QED) is 0.313. The zero-order valence-electron chi connectivity index (χ0n) is 15.7. The molecule has 0 spiro atoms. The molecule has 0 amide bonds. The van der Waals surface area contributed by atoms with Crippen LogP contribution in [0.2, 0.25) is 5.28 Å². The zero-order chi connectivity index (χ0) is 20.1. The molecule has 0 saturated heterocycles. The minimum Gasteiger partial charge on any atom is -0.455 e. The van der Waals surface area contributed by atoms with Gasteiger partial charge in [-0.15, -0.1) is 0 Å². The van der Waals surface area contributed by atoms with Crippen LogP contribution in [0.25, 0.3) is 55.5 Å². The molecule has 4 nitrogen and oxygen atoms in total. The average Bonchev–Trinajstić information content (AvgIpc) is 3.18. The van der Waals surface area contributed by atoms with E-state index in [9.17, 15) is 0 Å². The SMILES string of the molecule is Clc1nc(-c2ccccc2)nc(-c2cccc3c2oc2c4ccccc4ccc32)n1. The van der Waals surface area contributed by atoms with Crippen molar-refractivity contribution in [3.05, 3.63) is 90.2 Å². The number of halogens is 1. The first-order valence-electron chi connectivity index (χ1n) is 9.58. The number of fused-ring (bicyclic) bond motifs is 5. The molecule has 0 atom stereocenters. The van der Waals surface area contributed by atoms with E-state index < -0.39 is 0 Å². The van der Waals surface area contributed by atoms with Crippen LogP contribution in [0.15, 0.2) is 89.3 Å². The van der Waals surface area contributed by atoms with Crippen molar-refractivity contribution in [2.75, 3.05) is 0 Å². The van der Waals surface area contributed by atoms with Crippen molar-refractivity contribution < 1.29 is 4.42 Å². The minimum absolute atomic E-state index is 0.150. The summed E-state index contributed by atoms with van der Waals surface area (Å²) in [6.07, 6.45) is 0. The molecule has 0 unspecified atom stereocenters. The van der Waals surface area contributed by atoms with E-state index in [1.165, 1.54) is 0 Å². The van der Waals surface area contributed by atoms with Gasteiger partial charge in [0, 0.05) is 21.7 Å².